The molecule has 2 bridgehead atoms. The second-order valence-electron chi connectivity index (χ2n) is 9.92. The van der Waals surface area contributed by atoms with Gasteiger partial charge in [-0.1, -0.05) is 65.8 Å². The van der Waals surface area contributed by atoms with Crippen molar-refractivity contribution >= 4 is 8.32 Å². The van der Waals surface area contributed by atoms with Crippen LogP contribution in [0.25, 0.3) is 0 Å². The van der Waals surface area contributed by atoms with Crippen LogP contribution in [0.2, 0.25) is 16.6 Å². The van der Waals surface area contributed by atoms with E-state index >= 15 is 0 Å². The third-order valence-electron chi connectivity index (χ3n) is 8.03. The van der Waals surface area contributed by atoms with E-state index in [2.05, 4.69) is 65.8 Å². The minimum atomic E-state index is -1.85. The number of rotatable bonds is 5. The molecule has 1 aromatic rings. The lowest BCUT2D eigenvalue weighted by Crippen LogP contribution is -2.49. The van der Waals surface area contributed by atoms with Crippen LogP contribution >= 0.6 is 0 Å². The molecule has 0 radical (unpaired) electrons. The molecule has 3 aliphatic rings. The second-order valence-corrected chi connectivity index (χ2v) is 15.3. The van der Waals surface area contributed by atoms with Crippen LogP contribution in [0.3, 0.4) is 0 Å². The summed E-state index contributed by atoms with van der Waals surface area (Å²) in [5.74, 6) is 3.39. The summed E-state index contributed by atoms with van der Waals surface area (Å²) in [6.07, 6.45) is 4.73. The number of hydrogen-bond donors (Lipinski definition) is 0. The molecule has 0 saturated heterocycles. The van der Waals surface area contributed by atoms with E-state index in [-0.39, 0.29) is 0 Å². The first-order valence-corrected chi connectivity index (χ1v) is 12.8. The van der Waals surface area contributed by atoms with Crippen LogP contribution in [-0.4, -0.2) is 8.32 Å². The fourth-order valence-corrected chi connectivity index (χ4v) is 12.8. The predicted molar refractivity (Wildman–Crippen MR) is 108 cm³/mol. The summed E-state index contributed by atoms with van der Waals surface area (Å²) in [4.78, 5) is 0. The van der Waals surface area contributed by atoms with Crippen molar-refractivity contribution < 1.29 is 4.43 Å². The minimum absolute atomic E-state index is 0.371. The molecule has 0 aliphatic heterocycles. The van der Waals surface area contributed by atoms with E-state index in [0.717, 1.165) is 23.7 Å². The van der Waals surface area contributed by atoms with Crippen molar-refractivity contribution in [1.29, 1.82) is 0 Å². The summed E-state index contributed by atoms with van der Waals surface area (Å²) in [5, 5.41) is 0. The van der Waals surface area contributed by atoms with Crippen LogP contribution in [0, 0.1) is 17.8 Å². The van der Waals surface area contributed by atoms with Gasteiger partial charge < -0.3 is 4.43 Å². The van der Waals surface area contributed by atoms with Gasteiger partial charge in [0.2, 0.25) is 8.32 Å². The molecule has 5 atom stereocenters. The molecule has 25 heavy (non-hydrogen) atoms. The zero-order chi connectivity index (χ0) is 17.9. The number of hydrogen-bond acceptors (Lipinski definition) is 1. The highest BCUT2D eigenvalue weighted by Gasteiger charge is 2.58. The van der Waals surface area contributed by atoms with E-state index in [1.807, 2.05) is 0 Å². The molecule has 138 valence electrons. The first-order valence-electron chi connectivity index (χ1n) is 10.6. The maximum Gasteiger partial charge on any atom is 0.201 e. The predicted octanol–water partition coefficient (Wildman–Crippen LogP) is 7.06. The lowest BCUT2D eigenvalue weighted by atomic mass is 9.79. The molecule has 0 N–H and O–H groups in total. The van der Waals surface area contributed by atoms with Crippen LogP contribution in [0.5, 0.6) is 0 Å². The monoisotopic (exact) mass is 356 g/mol. The third kappa shape index (κ3) is 2.43. The van der Waals surface area contributed by atoms with Gasteiger partial charge >= 0.3 is 0 Å². The lowest BCUT2D eigenvalue weighted by molar-refractivity contribution is 0.0848. The van der Waals surface area contributed by atoms with Crippen LogP contribution in [0.15, 0.2) is 24.3 Å². The summed E-state index contributed by atoms with van der Waals surface area (Å²) in [6.45, 7) is 14.5. The van der Waals surface area contributed by atoms with Gasteiger partial charge in [-0.25, -0.2) is 0 Å². The van der Waals surface area contributed by atoms with E-state index in [1.165, 1.54) is 19.3 Å². The molecule has 0 amide bonds. The van der Waals surface area contributed by atoms with Crippen LogP contribution in [-0.2, 0) is 4.43 Å². The number of fused-ring (bicyclic) bond motifs is 7. The number of benzene rings is 1. The highest BCUT2D eigenvalue weighted by Crippen LogP contribution is 2.66. The van der Waals surface area contributed by atoms with E-state index in [9.17, 15) is 0 Å². The Labute approximate surface area is 155 Å². The highest BCUT2D eigenvalue weighted by atomic mass is 28.4. The molecule has 2 saturated carbocycles. The smallest absolute Gasteiger partial charge is 0.201 e. The molecule has 3 aliphatic carbocycles. The van der Waals surface area contributed by atoms with Crippen molar-refractivity contribution in [2.45, 2.75) is 89.5 Å². The molecule has 2 fully saturated rings. The zero-order valence-corrected chi connectivity index (χ0v) is 18.0. The van der Waals surface area contributed by atoms with Gasteiger partial charge in [-0.05, 0) is 70.7 Å². The topological polar surface area (TPSA) is 9.23 Å². The fraction of sp³-hybridized carbons (Fsp3) is 0.739. The SMILES string of the molecule is CC(C)[Si](O[C@H]1c2ccccc2C2[C@H]3CCC(C3)[C@H]21)(C(C)C)C(C)C. The van der Waals surface area contributed by atoms with Gasteiger partial charge in [0.05, 0.1) is 6.10 Å². The summed E-state index contributed by atoms with van der Waals surface area (Å²) < 4.78 is 7.42. The quantitative estimate of drug-likeness (QED) is 0.513. The zero-order valence-electron chi connectivity index (χ0n) is 17.0. The van der Waals surface area contributed by atoms with Crippen LogP contribution in [0.1, 0.15) is 84.0 Å². The second kappa shape index (κ2) is 6.23. The Morgan fingerprint density at radius 1 is 0.840 bits per heavy atom. The Hall–Kier alpha value is -0.603. The maximum atomic E-state index is 7.42. The Morgan fingerprint density at radius 3 is 2.00 bits per heavy atom. The molecule has 1 aromatic carbocycles. The van der Waals surface area contributed by atoms with Gasteiger partial charge in [0.25, 0.3) is 0 Å². The molecule has 1 nitrogen and oxygen atoms in total. The van der Waals surface area contributed by atoms with Gasteiger partial charge in [0.1, 0.15) is 0 Å². The standard InChI is InChI=1S/C23H36OSi/c1-14(2)25(15(3)4,16(5)6)24-23-20-10-8-7-9-19(20)21-17-11-12-18(13-17)22(21)23/h7-10,14-18,21-23H,11-13H2,1-6H3/t17-,18?,21?,22+,23-/m0/s1. The summed E-state index contributed by atoms with van der Waals surface area (Å²) >= 11 is 0. The van der Waals surface area contributed by atoms with Gasteiger partial charge in [-0.2, -0.15) is 0 Å². The van der Waals surface area contributed by atoms with Crippen molar-refractivity contribution in [1.82, 2.24) is 0 Å². The lowest BCUT2D eigenvalue weighted by Gasteiger charge is -2.46. The first kappa shape index (κ1) is 17.8. The average Bonchev–Trinajstić information content (AvgIpc) is 3.23. The Bertz CT molecular complexity index is 613. The molecule has 4 rings (SSSR count). The van der Waals surface area contributed by atoms with E-state index in [0.29, 0.717) is 22.7 Å². The summed E-state index contributed by atoms with van der Waals surface area (Å²) in [5.41, 5.74) is 5.18. The van der Waals surface area contributed by atoms with Gasteiger partial charge in [0.15, 0.2) is 0 Å². The van der Waals surface area contributed by atoms with Crippen molar-refractivity contribution in [3.8, 4) is 0 Å². The highest BCUT2D eigenvalue weighted by molar-refractivity contribution is 6.77. The first-order chi connectivity index (χ1) is 11.9. The van der Waals surface area contributed by atoms with Crippen molar-refractivity contribution in [3.63, 3.8) is 0 Å². The molecular weight excluding hydrogens is 320 g/mol. The Kier molecular flexibility index (Phi) is 4.44. The Morgan fingerprint density at radius 2 is 1.40 bits per heavy atom. The summed E-state index contributed by atoms with van der Waals surface area (Å²) in [7, 11) is -1.85. The molecule has 2 unspecified atom stereocenters. The largest absolute Gasteiger partial charge is 0.409 e. The summed E-state index contributed by atoms with van der Waals surface area (Å²) in [6, 6.07) is 9.29. The maximum absolute atomic E-state index is 7.42. The molecule has 0 heterocycles. The molecular formula is C23H36OSi. The molecule has 0 spiro atoms. The van der Waals surface area contributed by atoms with Gasteiger partial charge in [-0.15, -0.1) is 0 Å². The molecule has 2 heteroatoms. The van der Waals surface area contributed by atoms with E-state index in [1.54, 1.807) is 11.1 Å². The fourth-order valence-electron chi connectivity index (χ4n) is 7.28. The van der Waals surface area contributed by atoms with Gasteiger partial charge in [0, 0.05) is 0 Å². The third-order valence-corrected chi connectivity index (χ3v) is 14.1. The van der Waals surface area contributed by atoms with Crippen molar-refractivity contribution in [2.75, 3.05) is 0 Å². The van der Waals surface area contributed by atoms with Gasteiger partial charge in [-0.3, -0.25) is 0 Å². The van der Waals surface area contributed by atoms with E-state index in [4.69, 9.17) is 4.43 Å². The normalized spacial score (nSPS) is 33.6. The average molecular weight is 357 g/mol. The molecule has 0 aromatic heterocycles. The van der Waals surface area contributed by atoms with Crippen molar-refractivity contribution in [3.05, 3.63) is 35.4 Å². The van der Waals surface area contributed by atoms with Crippen LogP contribution in [0.4, 0.5) is 0 Å². The minimum Gasteiger partial charge on any atom is -0.409 e. The van der Waals surface area contributed by atoms with Crippen LogP contribution < -0.4 is 0 Å². The Balaban J connectivity index is 1.76. The van der Waals surface area contributed by atoms with E-state index < -0.39 is 8.32 Å². The van der Waals surface area contributed by atoms with Crippen molar-refractivity contribution in [2.24, 2.45) is 17.8 Å².